The number of aromatic nitrogens is 4. The van der Waals surface area contributed by atoms with Gasteiger partial charge < -0.3 is 10.2 Å². The van der Waals surface area contributed by atoms with Gasteiger partial charge in [-0.1, -0.05) is 24.6 Å². The summed E-state index contributed by atoms with van der Waals surface area (Å²) in [5, 5.41) is 20.8. The van der Waals surface area contributed by atoms with Crippen molar-refractivity contribution in [2.45, 2.75) is 32.7 Å². The molecule has 3 heterocycles. The third kappa shape index (κ3) is 4.40. The summed E-state index contributed by atoms with van der Waals surface area (Å²) < 4.78 is 0. The Kier molecular flexibility index (Phi) is 5.94. The molecule has 1 fully saturated rings. The van der Waals surface area contributed by atoms with Gasteiger partial charge in [-0.3, -0.25) is 4.79 Å². The largest absolute Gasteiger partial charge is 0.368 e. The molecule has 1 aliphatic heterocycles. The van der Waals surface area contributed by atoms with E-state index >= 15 is 0 Å². The van der Waals surface area contributed by atoms with Crippen LogP contribution in [0.5, 0.6) is 0 Å². The summed E-state index contributed by atoms with van der Waals surface area (Å²) in [4.78, 5) is 21.4. The van der Waals surface area contributed by atoms with Crippen LogP contribution in [0.2, 0.25) is 0 Å². The van der Waals surface area contributed by atoms with E-state index in [1.807, 2.05) is 36.1 Å². The lowest BCUT2D eigenvalue weighted by Gasteiger charge is -2.40. The molecule has 2 unspecified atom stereocenters. The van der Waals surface area contributed by atoms with Gasteiger partial charge in [0, 0.05) is 13.1 Å². The Morgan fingerprint density at radius 3 is 2.84 bits per heavy atom. The Balaban J connectivity index is 1.60. The number of rotatable bonds is 5. The molecule has 1 amide bonds. The molecule has 8 nitrogen and oxygen atoms in total. The summed E-state index contributed by atoms with van der Waals surface area (Å²) in [6.07, 6.45) is 5.23. The van der Waals surface area contributed by atoms with Crippen molar-refractivity contribution in [1.29, 1.82) is 5.26 Å². The average Bonchev–Trinajstić information content (AvgIpc) is 3.32. The molecule has 0 radical (unpaired) electrons. The fourth-order valence-electron chi connectivity index (χ4n) is 4.11. The van der Waals surface area contributed by atoms with Gasteiger partial charge in [0.2, 0.25) is 0 Å². The topological polar surface area (TPSA) is 99.7 Å². The van der Waals surface area contributed by atoms with Crippen LogP contribution in [0.4, 0.5) is 5.82 Å². The van der Waals surface area contributed by atoms with Crippen LogP contribution in [0.3, 0.4) is 0 Å². The van der Waals surface area contributed by atoms with Crippen LogP contribution < -0.4 is 5.32 Å². The standard InChI is InChI=1S/C23H25N7O/c1-16-8-9-20(30-26-10-11-27-30)19(13-16)23(31)29-12-4-5-17(2)21(29)15-25-22-7-3-6-18(14-24)28-22/h3,6-11,13,17,21H,4-5,12,15H2,1-2H3,(H,25,28). The number of benzene rings is 1. The number of nitrogens with one attached hydrogen (secondary N) is 1. The van der Waals surface area contributed by atoms with Crippen molar-refractivity contribution in [2.75, 3.05) is 18.4 Å². The molecule has 1 aliphatic rings. The van der Waals surface area contributed by atoms with Crippen molar-refractivity contribution in [3.63, 3.8) is 0 Å². The lowest BCUT2D eigenvalue weighted by atomic mass is 9.89. The van der Waals surface area contributed by atoms with E-state index < -0.39 is 0 Å². The van der Waals surface area contributed by atoms with Gasteiger partial charge in [-0.05, 0) is 49.9 Å². The zero-order valence-electron chi connectivity index (χ0n) is 17.7. The van der Waals surface area contributed by atoms with Crippen LogP contribution in [-0.4, -0.2) is 49.9 Å². The van der Waals surface area contributed by atoms with Crippen molar-refractivity contribution in [2.24, 2.45) is 5.92 Å². The number of pyridine rings is 1. The Hall–Kier alpha value is -3.73. The number of anilines is 1. The predicted octanol–water partition coefficient (Wildman–Crippen LogP) is 3.20. The Labute approximate surface area is 181 Å². The summed E-state index contributed by atoms with van der Waals surface area (Å²) in [5.41, 5.74) is 2.65. The van der Waals surface area contributed by atoms with Crippen molar-refractivity contribution < 1.29 is 4.79 Å². The molecule has 31 heavy (non-hydrogen) atoms. The van der Waals surface area contributed by atoms with Crippen molar-refractivity contribution in [3.8, 4) is 11.8 Å². The molecular weight excluding hydrogens is 390 g/mol. The summed E-state index contributed by atoms with van der Waals surface area (Å²) >= 11 is 0. The lowest BCUT2D eigenvalue weighted by Crippen LogP contribution is -2.51. The first-order valence-corrected chi connectivity index (χ1v) is 10.5. The van der Waals surface area contributed by atoms with Gasteiger partial charge in [0.25, 0.3) is 5.91 Å². The number of amides is 1. The highest BCUT2D eigenvalue weighted by atomic mass is 16.2. The molecule has 4 rings (SSSR count). The summed E-state index contributed by atoms with van der Waals surface area (Å²) in [7, 11) is 0. The van der Waals surface area contributed by atoms with E-state index in [1.165, 1.54) is 4.80 Å². The maximum absolute atomic E-state index is 13.7. The molecule has 1 aromatic carbocycles. The summed E-state index contributed by atoms with van der Waals surface area (Å²) in [6.45, 7) is 5.41. The molecule has 0 aliphatic carbocycles. The molecule has 1 N–H and O–H groups in total. The Bertz CT molecular complexity index is 1100. The number of nitrogens with zero attached hydrogens (tertiary/aromatic N) is 6. The number of likely N-dealkylation sites (tertiary alicyclic amines) is 1. The van der Waals surface area contributed by atoms with Crippen LogP contribution in [0.25, 0.3) is 5.69 Å². The smallest absolute Gasteiger partial charge is 0.256 e. The van der Waals surface area contributed by atoms with E-state index in [9.17, 15) is 4.79 Å². The molecule has 3 aromatic rings. The zero-order chi connectivity index (χ0) is 21.8. The first kappa shape index (κ1) is 20.5. The van der Waals surface area contributed by atoms with Crippen LogP contribution in [-0.2, 0) is 0 Å². The highest BCUT2D eigenvalue weighted by Crippen LogP contribution is 2.27. The highest BCUT2D eigenvalue weighted by Gasteiger charge is 2.33. The van der Waals surface area contributed by atoms with Crippen LogP contribution in [0, 0.1) is 24.2 Å². The zero-order valence-corrected chi connectivity index (χ0v) is 17.7. The van der Waals surface area contributed by atoms with E-state index in [4.69, 9.17) is 5.26 Å². The third-order valence-electron chi connectivity index (χ3n) is 5.75. The number of carbonyl (C=O) groups excluding carboxylic acids is 1. The minimum atomic E-state index is -0.0203. The van der Waals surface area contributed by atoms with Gasteiger partial charge in [0.05, 0.1) is 29.7 Å². The van der Waals surface area contributed by atoms with Crippen molar-refractivity contribution in [3.05, 3.63) is 65.6 Å². The van der Waals surface area contributed by atoms with Crippen LogP contribution >= 0.6 is 0 Å². The number of piperidine rings is 1. The van der Waals surface area contributed by atoms with Gasteiger partial charge in [-0.2, -0.15) is 20.3 Å². The van der Waals surface area contributed by atoms with E-state index in [0.29, 0.717) is 41.8 Å². The average molecular weight is 416 g/mol. The second-order valence-corrected chi connectivity index (χ2v) is 7.93. The van der Waals surface area contributed by atoms with E-state index in [2.05, 4.69) is 33.5 Å². The monoisotopic (exact) mass is 415 g/mol. The van der Waals surface area contributed by atoms with E-state index in [0.717, 1.165) is 18.4 Å². The molecule has 0 spiro atoms. The van der Waals surface area contributed by atoms with E-state index in [-0.39, 0.29) is 11.9 Å². The van der Waals surface area contributed by atoms with Crippen LogP contribution in [0.1, 0.15) is 41.4 Å². The molecule has 2 aromatic heterocycles. The third-order valence-corrected chi connectivity index (χ3v) is 5.75. The second kappa shape index (κ2) is 8.96. The van der Waals surface area contributed by atoms with Crippen molar-refractivity contribution in [1.82, 2.24) is 24.9 Å². The number of nitriles is 1. The Morgan fingerprint density at radius 2 is 2.06 bits per heavy atom. The summed E-state index contributed by atoms with van der Waals surface area (Å²) in [5.74, 6) is 0.953. The maximum Gasteiger partial charge on any atom is 0.256 e. The minimum absolute atomic E-state index is 0.00716. The van der Waals surface area contributed by atoms with Gasteiger partial charge in [0.1, 0.15) is 17.6 Å². The molecule has 2 atom stereocenters. The maximum atomic E-state index is 13.7. The normalized spacial score (nSPS) is 18.4. The fourth-order valence-corrected chi connectivity index (χ4v) is 4.11. The molecular formula is C23H25N7O. The fraction of sp³-hybridized carbons (Fsp3) is 0.348. The van der Waals surface area contributed by atoms with Gasteiger partial charge in [0.15, 0.2) is 0 Å². The SMILES string of the molecule is Cc1ccc(-n2nccn2)c(C(=O)N2CCCC(C)C2CNc2cccc(C#N)n2)c1. The first-order chi connectivity index (χ1) is 15.1. The highest BCUT2D eigenvalue weighted by molar-refractivity contribution is 5.98. The van der Waals surface area contributed by atoms with Gasteiger partial charge in [-0.25, -0.2) is 4.98 Å². The number of aryl methyl sites for hydroxylation is 1. The minimum Gasteiger partial charge on any atom is -0.368 e. The molecule has 158 valence electrons. The molecule has 0 bridgehead atoms. The Morgan fingerprint density at radius 1 is 1.26 bits per heavy atom. The van der Waals surface area contributed by atoms with Gasteiger partial charge >= 0.3 is 0 Å². The molecule has 1 saturated heterocycles. The van der Waals surface area contributed by atoms with Gasteiger partial charge in [-0.15, -0.1) is 0 Å². The lowest BCUT2D eigenvalue weighted by molar-refractivity contribution is 0.0539. The first-order valence-electron chi connectivity index (χ1n) is 10.5. The predicted molar refractivity (Wildman–Crippen MR) is 117 cm³/mol. The molecule has 0 saturated carbocycles. The molecule has 8 heteroatoms. The second-order valence-electron chi connectivity index (χ2n) is 7.93. The number of hydrogen-bond acceptors (Lipinski definition) is 6. The summed E-state index contributed by atoms with van der Waals surface area (Å²) in [6, 6.07) is 13.1. The van der Waals surface area contributed by atoms with Crippen LogP contribution in [0.15, 0.2) is 48.8 Å². The number of hydrogen-bond donors (Lipinski definition) is 1. The van der Waals surface area contributed by atoms with E-state index in [1.54, 1.807) is 24.5 Å². The quantitative estimate of drug-likeness (QED) is 0.687. The van der Waals surface area contributed by atoms with Crippen molar-refractivity contribution >= 4 is 11.7 Å². The number of carbonyl (C=O) groups is 1.